The Balaban J connectivity index is 3.39. The molecule has 19 heavy (non-hydrogen) atoms. The summed E-state index contributed by atoms with van der Waals surface area (Å²) in [6.45, 7) is 8.73. The molecule has 0 radical (unpaired) electrons. The topological polar surface area (TPSA) is 103 Å². The first kappa shape index (κ1) is 15.4. The van der Waals surface area contributed by atoms with Gasteiger partial charge in [0.05, 0.1) is 6.20 Å². The van der Waals surface area contributed by atoms with Crippen LogP contribution in [0.3, 0.4) is 0 Å². The zero-order valence-electron chi connectivity index (χ0n) is 11.0. The van der Waals surface area contributed by atoms with Gasteiger partial charge in [0.15, 0.2) is 5.03 Å². The maximum atomic E-state index is 12.5. The minimum atomic E-state index is -3.99. The third-order valence-corrected chi connectivity index (χ3v) is 4.53. The molecule has 0 spiro atoms. The molecule has 0 aliphatic heterocycles. The second kappa shape index (κ2) is 5.14. The number of nitrogens with zero attached hydrogens (tertiary/aromatic N) is 2. The number of nitrogens with one attached hydrogen (secondary N) is 1. The molecule has 0 aromatic carbocycles. The lowest BCUT2D eigenvalue weighted by molar-refractivity contribution is 0.0692. The van der Waals surface area contributed by atoms with E-state index in [1.165, 1.54) is 6.08 Å². The molecule has 106 valence electrons. The molecule has 1 aromatic rings. The van der Waals surface area contributed by atoms with Crippen LogP contribution in [0.2, 0.25) is 0 Å². The highest BCUT2D eigenvalue weighted by atomic mass is 32.2. The fraction of sp³-hybridized carbons (Fsp3) is 0.455. The Labute approximate surface area is 112 Å². The SMILES string of the molecule is C=CCN(C(C)(C)C)S(=O)(=O)c1[nH]ncc1C(=O)O. The van der Waals surface area contributed by atoms with Crippen molar-refractivity contribution in [1.82, 2.24) is 14.5 Å². The van der Waals surface area contributed by atoms with Crippen molar-refractivity contribution in [3.05, 3.63) is 24.4 Å². The number of aromatic carboxylic acids is 1. The lowest BCUT2D eigenvalue weighted by atomic mass is 10.1. The molecule has 1 rings (SSSR count). The van der Waals surface area contributed by atoms with Gasteiger partial charge >= 0.3 is 5.97 Å². The van der Waals surface area contributed by atoms with Crippen LogP contribution >= 0.6 is 0 Å². The van der Waals surface area contributed by atoms with Gasteiger partial charge in [-0.3, -0.25) is 5.10 Å². The molecule has 1 aromatic heterocycles. The number of hydrogen-bond acceptors (Lipinski definition) is 4. The smallest absolute Gasteiger partial charge is 0.340 e. The summed E-state index contributed by atoms with van der Waals surface area (Å²) in [5.74, 6) is -1.35. The maximum absolute atomic E-state index is 12.5. The van der Waals surface area contributed by atoms with Crippen LogP contribution in [0, 0.1) is 0 Å². The van der Waals surface area contributed by atoms with Crippen LogP contribution in [-0.4, -0.2) is 46.1 Å². The Morgan fingerprint density at radius 1 is 1.58 bits per heavy atom. The molecule has 0 saturated carbocycles. The van der Waals surface area contributed by atoms with Crippen LogP contribution in [0.4, 0.5) is 0 Å². The van der Waals surface area contributed by atoms with Crippen LogP contribution in [0.5, 0.6) is 0 Å². The number of aromatic nitrogens is 2. The number of hydrogen-bond donors (Lipinski definition) is 2. The fourth-order valence-corrected chi connectivity index (χ4v) is 3.41. The highest BCUT2D eigenvalue weighted by Gasteiger charge is 2.36. The van der Waals surface area contributed by atoms with E-state index in [9.17, 15) is 13.2 Å². The van der Waals surface area contributed by atoms with Crippen LogP contribution in [0.25, 0.3) is 0 Å². The van der Waals surface area contributed by atoms with E-state index in [1.807, 2.05) is 0 Å². The molecule has 0 atom stereocenters. The summed E-state index contributed by atoms with van der Waals surface area (Å²) < 4.78 is 26.2. The molecule has 0 saturated heterocycles. The first-order chi connectivity index (χ1) is 8.62. The van der Waals surface area contributed by atoms with Crippen LogP contribution in [0.1, 0.15) is 31.1 Å². The molecular weight excluding hydrogens is 270 g/mol. The van der Waals surface area contributed by atoms with Crippen LogP contribution < -0.4 is 0 Å². The van der Waals surface area contributed by atoms with Crippen LogP contribution in [-0.2, 0) is 10.0 Å². The Morgan fingerprint density at radius 2 is 2.16 bits per heavy atom. The van der Waals surface area contributed by atoms with Crippen molar-refractivity contribution in [2.45, 2.75) is 31.3 Å². The monoisotopic (exact) mass is 287 g/mol. The van der Waals surface area contributed by atoms with E-state index >= 15 is 0 Å². The molecule has 0 aliphatic rings. The number of H-pyrrole nitrogens is 1. The van der Waals surface area contributed by atoms with Gasteiger partial charge in [-0.05, 0) is 20.8 Å². The van der Waals surface area contributed by atoms with Crippen molar-refractivity contribution >= 4 is 16.0 Å². The van der Waals surface area contributed by atoms with Gasteiger partial charge in [0.1, 0.15) is 5.56 Å². The van der Waals surface area contributed by atoms with Crippen molar-refractivity contribution in [3.63, 3.8) is 0 Å². The quantitative estimate of drug-likeness (QED) is 0.789. The molecule has 2 N–H and O–H groups in total. The molecular formula is C11H17N3O4S. The summed E-state index contributed by atoms with van der Waals surface area (Å²) >= 11 is 0. The van der Waals surface area contributed by atoms with Crippen LogP contribution in [0.15, 0.2) is 23.9 Å². The average Bonchev–Trinajstić information content (AvgIpc) is 2.73. The summed E-state index contributed by atoms with van der Waals surface area (Å²) in [6.07, 6.45) is 2.42. The van der Waals surface area contributed by atoms with Gasteiger partial charge in [0, 0.05) is 12.1 Å². The molecule has 7 nitrogen and oxygen atoms in total. The molecule has 0 aliphatic carbocycles. The minimum Gasteiger partial charge on any atom is -0.478 e. The second-order valence-corrected chi connectivity index (χ2v) is 6.71. The van der Waals surface area contributed by atoms with Crippen molar-refractivity contribution in [1.29, 1.82) is 0 Å². The first-order valence-corrected chi connectivity index (χ1v) is 6.96. The highest BCUT2D eigenvalue weighted by molar-refractivity contribution is 7.89. The first-order valence-electron chi connectivity index (χ1n) is 5.52. The van der Waals surface area contributed by atoms with Gasteiger partial charge in [-0.25, -0.2) is 13.2 Å². The zero-order valence-corrected chi connectivity index (χ0v) is 11.9. The largest absolute Gasteiger partial charge is 0.478 e. The van der Waals surface area contributed by atoms with Crippen molar-refractivity contribution < 1.29 is 18.3 Å². The number of carboxylic acid groups (broad SMARTS) is 1. The minimum absolute atomic E-state index is 0.0733. The van der Waals surface area contributed by atoms with E-state index in [0.29, 0.717) is 0 Å². The third-order valence-electron chi connectivity index (χ3n) is 2.43. The van der Waals surface area contributed by atoms with E-state index in [2.05, 4.69) is 16.8 Å². The lowest BCUT2D eigenvalue weighted by Crippen LogP contribution is -2.46. The van der Waals surface area contributed by atoms with Gasteiger partial charge in [-0.15, -0.1) is 6.58 Å². The van der Waals surface area contributed by atoms with E-state index in [-0.39, 0.29) is 12.1 Å². The number of carboxylic acids is 1. The van der Waals surface area contributed by atoms with E-state index < -0.39 is 26.6 Å². The number of carbonyl (C=O) groups is 1. The predicted molar refractivity (Wildman–Crippen MR) is 69.4 cm³/mol. The lowest BCUT2D eigenvalue weighted by Gasteiger charge is -2.33. The van der Waals surface area contributed by atoms with Gasteiger partial charge in [0.25, 0.3) is 10.0 Å². The molecule has 0 bridgehead atoms. The maximum Gasteiger partial charge on any atom is 0.340 e. The summed E-state index contributed by atoms with van der Waals surface area (Å²) in [5.41, 5.74) is -1.09. The number of aromatic amines is 1. The Hall–Kier alpha value is -1.67. The highest BCUT2D eigenvalue weighted by Crippen LogP contribution is 2.25. The van der Waals surface area contributed by atoms with Gasteiger partial charge in [-0.2, -0.15) is 9.40 Å². The Morgan fingerprint density at radius 3 is 2.58 bits per heavy atom. The summed E-state index contributed by atoms with van der Waals surface area (Å²) in [5, 5.41) is 14.3. The van der Waals surface area contributed by atoms with Crippen molar-refractivity contribution in [3.8, 4) is 0 Å². The summed E-state index contributed by atoms with van der Waals surface area (Å²) in [6, 6.07) is 0. The number of rotatable bonds is 5. The molecule has 0 amide bonds. The summed E-state index contributed by atoms with van der Waals surface area (Å²) in [4.78, 5) is 11.0. The van der Waals surface area contributed by atoms with Gasteiger partial charge in [0.2, 0.25) is 0 Å². The standard InChI is InChI=1S/C11H17N3O4S/c1-5-6-14(11(2,3)4)19(17,18)9-8(10(15)16)7-12-13-9/h5,7H,1,6H2,2-4H3,(H,12,13)(H,15,16). The zero-order chi connectivity index (χ0) is 14.8. The van der Waals surface area contributed by atoms with Crippen molar-refractivity contribution in [2.24, 2.45) is 0 Å². The second-order valence-electron chi connectivity index (χ2n) is 4.91. The molecule has 8 heteroatoms. The molecule has 1 heterocycles. The van der Waals surface area contributed by atoms with E-state index in [1.54, 1.807) is 20.8 Å². The van der Waals surface area contributed by atoms with E-state index in [4.69, 9.17) is 5.11 Å². The third kappa shape index (κ3) is 3.02. The van der Waals surface area contributed by atoms with Crippen molar-refractivity contribution in [2.75, 3.05) is 6.54 Å². The Bertz CT molecular complexity index is 583. The van der Waals surface area contributed by atoms with Gasteiger partial charge in [-0.1, -0.05) is 6.08 Å². The van der Waals surface area contributed by atoms with Gasteiger partial charge < -0.3 is 5.11 Å². The molecule has 0 fully saturated rings. The normalized spacial score (nSPS) is 12.6. The number of sulfonamides is 1. The predicted octanol–water partition coefficient (Wildman–Crippen LogP) is 1.08. The summed E-state index contributed by atoms with van der Waals surface area (Å²) in [7, 11) is -3.99. The average molecular weight is 287 g/mol. The molecule has 0 unspecified atom stereocenters. The Kier molecular flexibility index (Phi) is 4.16. The van der Waals surface area contributed by atoms with E-state index in [0.717, 1.165) is 10.5 Å². The fourth-order valence-electron chi connectivity index (χ4n) is 1.58.